The normalized spacial score (nSPS) is 40.8. The Morgan fingerprint density at radius 1 is 0.700 bits per heavy atom. The van der Waals surface area contributed by atoms with Crippen LogP contribution in [0.4, 0.5) is 0 Å². The maximum Gasteiger partial charge on any atom is 0.00653 e. The first-order valence-electron chi connectivity index (χ1n) is 4.19. The molecule has 1 saturated carbocycles. The van der Waals surface area contributed by atoms with Crippen molar-refractivity contribution >= 4 is 21.6 Å². The minimum Gasteiger partial charge on any atom is -0.0939 e. The van der Waals surface area contributed by atoms with E-state index in [1.54, 1.807) is 0 Å². The first kappa shape index (κ1) is 7.35. The summed E-state index contributed by atoms with van der Waals surface area (Å²) in [5.74, 6) is 5.01. The van der Waals surface area contributed by atoms with Crippen LogP contribution in [0.3, 0.4) is 0 Å². The maximum atomic E-state index is 2.11. The minimum absolute atomic E-state index is 1.08. The van der Waals surface area contributed by atoms with Crippen molar-refractivity contribution in [2.24, 2.45) is 11.8 Å². The second-order valence-corrected chi connectivity index (χ2v) is 6.01. The lowest BCUT2D eigenvalue weighted by Gasteiger charge is -2.30. The summed E-state index contributed by atoms with van der Waals surface area (Å²) in [6.45, 7) is 0. The molecule has 0 spiro atoms. The van der Waals surface area contributed by atoms with E-state index in [1.807, 2.05) is 0 Å². The van der Waals surface area contributed by atoms with Crippen molar-refractivity contribution in [1.82, 2.24) is 0 Å². The van der Waals surface area contributed by atoms with Crippen molar-refractivity contribution in [2.45, 2.75) is 25.7 Å². The third-order valence-electron chi connectivity index (χ3n) is 2.66. The molecule has 0 aromatic carbocycles. The molecule has 3 rings (SSSR count). The van der Waals surface area contributed by atoms with E-state index in [9.17, 15) is 0 Å². The molecule has 1 aliphatic carbocycles. The highest BCUT2D eigenvalue weighted by molar-refractivity contribution is 8.76. The summed E-state index contributed by atoms with van der Waals surface area (Å²) in [5, 5.41) is 0. The van der Waals surface area contributed by atoms with E-state index in [0.717, 1.165) is 11.8 Å². The van der Waals surface area contributed by atoms with Crippen LogP contribution in [0.5, 0.6) is 0 Å². The molecule has 0 amide bonds. The maximum absolute atomic E-state index is 2.11. The molecule has 3 aliphatic rings. The van der Waals surface area contributed by atoms with E-state index in [2.05, 4.69) is 21.6 Å². The first-order chi connectivity index (χ1) is 4.95. The second-order valence-electron chi connectivity index (χ2n) is 3.46. The van der Waals surface area contributed by atoms with Gasteiger partial charge in [-0.3, -0.25) is 0 Å². The fraction of sp³-hybridized carbons (Fsp3) is 1.00. The highest BCUT2D eigenvalue weighted by Gasteiger charge is 2.23. The van der Waals surface area contributed by atoms with Crippen molar-refractivity contribution in [3.63, 3.8) is 0 Å². The van der Waals surface area contributed by atoms with E-state index in [1.165, 1.54) is 37.2 Å². The first-order valence-corrected chi connectivity index (χ1v) is 6.68. The molecule has 0 nitrogen and oxygen atoms in total. The molecule has 0 aromatic rings. The Bertz CT molecular complexity index is 86.3. The molecular formula is C8H14S2. The third-order valence-corrected chi connectivity index (χ3v) is 5.36. The lowest BCUT2D eigenvalue weighted by atomic mass is 9.84. The lowest BCUT2D eigenvalue weighted by molar-refractivity contribution is 0.315. The molecule has 3 fully saturated rings. The summed E-state index contributed by atoms with van der Waals surface area (Å²) < 4.78 is 0. The van der Waals surface area contributed by atoms with Gasteiger partial charge in [0.25, 0.3) is 0 Å². The zero-order valence-corrected chi connectivity index (χ0v) is 7.85. The van der Waals surface area contributed by atoms with Gasteiger partial charge in [-0.2, -0.15) is 0 Å². The molecule has 2 aliphatic heterocycles. The number of hydrogen-bond donors (Lipinski definition) is 0. The zero-order valence-electron chi connectivity index (χ0n) is 6.21. The summed E-state index contributed by atoms with van der Waals surface area (Å²) in [6.07, 6.45) is 6.10. The molecule has 2 bridgehead atoms. The summed E-state index contributed by atoms with van der Waals surface area (Å²) in [4.78, 5) is 0. The fourth-order valence-electron chi connectivity index (χ4n) is 1.85. The average Bonchev–Trinajstić information content (AvgIpc) is 1.89. The molecule has 0 N–H and O–H groups in total. The van der Waals surface area contributed by atoms with E-state index in [0.29, 0.717) is 0 Å². The van der Waals surface area contributed by atoms with Crippen LogP contribution < -0.4 is 0 Å². The van der Waals surface area contributed by atoms with Crippen LogP contribution in [0, 0.1) is 11.8 Å². The molecule has 2 saturated heterocycles. The van der Waals surface area contributed by atoms with E-state index in [-0.39, 0.29) is 0 Å². The van der Waals surface area contributed by atoms with Gasteiger partial charge in [0.05, 0.1) is 0 Å². The van der Waals surface area contributed by atoms with Gasteiger partial charge in [0.1, 0.15) is 0 Å². The van der Waals surface area contributed by atoms with E-state index >= 15 is 0 Å². The number of fused-ring (bicyclic) bond motifs is 5. The van der Waals surface area contributed by atoms with Gasteiger partial charge in [0, 0.05) is 11.5 Å². The van der Waals surface area contributed by atoms with Crippen LogP contribution in [0.15, 0.2) is 0 Å². The van der Waals surface area contributed by atoms with Gasteiger partial charge < -0.3 is 0 Å². The molecule has 0 aromatic heterocycles. The fourth-order valence-corrected chi connectivity index (χ4v) is 4.83. The van der Waals surface area contributed by atoms with Crippen LogP contribution in [-0.4, -0.2) is 11.5 Å². The Morgan fingerprint density at radius 2 is 1.10 bits per heavy atom. The van der Waals surface area contributed by atoms with Crippen LogP contribution in [-0.2, 0) is 0 Å². The monoisotopic (exact) mass is 174 g/mol. The van der Waals surface area contributed by atoms with Gasteiger partial charge in [-0.25, -0.2) is 0 Å². The van der Waals surface area contributed by atoms with Crippen molar-refractivity contribution < 1.29 is 0 Å². The Balaban J connectivity index is 1.94. The second kappa shape index (κ2) is 3.40. The van der Waals surface area contributed by atoms with Gasteiger partial charge in [0.2, 0.25) is 0 Å². The van der Waals surface area contributed by atoms with Gasteiger partial charge >= 0.3 is 0 Å². The zero-order chi connectivity index (χ0) is 6.81. The SMILES string of the molecule is C1CC2CCC1CSSC2. The van der Waals surface area contributed by atoms with Crippen LogP contribution in [0.2, 0.25) is 0 Å². The Kier molecular flexibility index (Phi) is 2.50. The van der Waals surface area contributed by atoms with Crippen LogP contribution >= 0.6 is 21.6 Å². The Labute approximate surface area is 70.9 Å². The minimum atomic E-state index is 1.08. The quantitative estimate of drug-likeness (QED) is 0.517. The molecule has 0 radical (unpaired) electrons. The largest absolute Gasteiger partial charge is 0.0939 e. The third kappa shape index (κ3) is 1.65. The molecule has 2 heterocycles. The van der Waals surface area contributed by atoms with Gasteiger partial charge in [0.15, 0.2) is 0 Å². The average molecular weight is 174 g/mol. The molecule has 10 heavy (non-hydrogen) atoms. The molecule has 2 heteroatoms. The summed E-state index contributed by atoms with van der Waals surface area (Å²) in [6, 6.07) is 0. The van der Waals surface area contributed by atoms with Crippen molar-refractivity contribution in [2.75, 3.05) is 11.5 Å². The van der Waals surface area contributed by atoms with Crippen molar-refractivity contribution in [3.05, 3.63) is 0 Å². The highest BCUT2D eigenvalue weighted by Crippen LogP contribution is 2.40. The summed E-state index contributed by atoms with van der Waals surface area (Å²) in [7, 11) is 4.22. The van der Waals surface area contributed by atoms with Gasteiger partial charge in [-0.05, 0) is 37.5 Å². The number of rotatable bonds is 0. The van der Waals surface area contributed by atoms with Crippen LogP contribution in [0.25, 0.3) is 0 Å². The predicted molar refractivity (Wildman–Crippen MR) is 50.4 cm³/mol. The van der Waals surface area contributed by atoms with Crippen molar-refractivity contribution in [3.8, 4) is 0 Å². The topological polar surface area (TPSA) is 0 Å². The van der Waals surface area contributed by atoms with Crippen LogP contribution in [0.1, 0.15) is 25.7 Å². The van der Waals surface area contributed by atoms with Crippen molar-refractivity contribution in [1.29, 1.82) is 0 Å². The lowest BCUT2D eigenvalue weighted by Crippen LogP contribution is -2.19. The van der Waals surface area contributed by atoms with E-state index < -0.39 is 0 Å². The molecule has 58 valence electrons. The number of hydrogen-bond acceptors (Lipinski definition) is 2. The summed E-state index contributed by atoms with van der Waals surface area (Å²) >= 11 is 0. The highest BCUT2D eigenvalue weighted by atomic mass is 33.1. The predicted octanol–water partition coefficient (Wildman–Crippen LogP) is 3.19. The Morgan fingerprint density at radius 3 is 1.50 bits per heavy atom. The molecular weight excluding hydrogens is 160 g/mol. The van der Waals surface area contributed by atoms with Gasteiger partial charge in [-0.15, -0.1) is 0 Å². The Hall–Kier alpha value is 0.700. The molecule has 0 atom stereocenters. The molecule has 0 unspecified atom stereocenters. The standard InChI is InChI=1S/C8H14S2/c1-2-8-4-3-7(1)5-9-10-6-8/h7-8H,1-6H2. The van der Waals surface area contributed by atoms with Gasteiger partial charge in [-0.1, -0.05) is 21.6 Å². The summed E-state index contributed by atoms with van der Waals surface area (Å²) in [5.41, 5.74) is 0. The van der Waals surface area contributed by atoms with E-state index in [4.69, 9.17) is 0 Å². The smallest absolute Gasteiger partial charge is 0.00653 e.